The largest absolute Gasteiger partial charge is 0.289 e. The summed E-state index contributed by atoms with van der Waals surface area (Å²) in [4.78, 5) is 16.1. The topological polar surface area (TPSA) is 29.4 Å². The molecule has 0 amide bonds. The molecule has 0 unspecified atom stereocenters. The molecular formula is C12H13NO. The summed E-state index contributed by atoms with van der Waals surface area (Å²) in [5.41, 5.74) is 3.72. The summed E-state index contributed by atoms with van der Waals surface area (Å²) in [5, 5.41) is 0. The van der Waals surface area contributed by atoms with Gasteiger partial charge in [-0.05, 0) is 30.6 Å². The third-order valence-electron chi connectivity index (χ3n) is 2.53. The van der Waals surface area contributed by atoms with Gasteiger partial charge in [-0.2, -0.15) is 0 Å². The summed E-state index contributed by atoms with van der Waals surface area (Å²) >= 11 is 0. The van der Waals surface area contributed by atoms with Gasteiger partial charge in [0, 0.05) is 5.71 Å². The van der Waals surface area contributed by atoms with Gasteiger partial charge in [-0.15, -0.1) is 0 Å². The van der Waals surface area contributed by atoms with Crippen molar-refractivity contribution in [1.29, 1.82) is 0 Å². The van der Waals surface area contributed by atoms with E-state index in [0.717, 1.165) is 22.6 Å². The van der Waals surface area contributed by atoms with Gasteiger partial charge in [-0.1, -0.05) is 19.9 Å². The number of carbonyl (C=O) groups is 1. The molecule has 2 nitrogen and oxygen atoms in total. The highest BCUT2D eigenvalue weighted by Crippen LogP contribution is 2.32. The van der Waals surface area contributed by atoms with Gasteiger partial charge in [0.1, 0.15) is 0 Å². The number of carbonyl (C=O) groups excluding carboxylic acids is 1. The van der Waals surface area contributed by atoms with Gasteiger partial charge in [0.25, 0.3) is 0 Å². The minimum absolute atomic E-state index is 0.0896. The molecule has 1 heterocycles. The average Bonchev–Trinajstić information content (AvgIpc) is 2.42. The Morgan fingerprint density at radius 1 is 1.36 bits per heavy atom. The molecule has 1 aliphatic carbocycles. The van der Waals surface area contributed by atoms with Gasteiger partial charge in [-0.25, -0.2) is 0 Å². The highest BCUT2D eigenvalue weighted by Gasteiger charge is 2.27. The molecule has 0 saturated carbocycles. The van der Waals surface area contributed by atoms with Crippen LogP contribution in [0.1, 0.15) is 20.8 Å². The van der Waals surface area contributed by atoms with Gasteiger partial charge in [-0.3, -0.25) is 9.79 Å². The van der Waals surface area contributed by atoms with E-state index < -0.39 is 0 Å². The number of hydrogen-bond donors (Lipinski definition) is 0. The summed E-state index contributed by atoms with van der Waals surface area (Å²) in [7, 11) is 0. The smallest absolute Gasteiger partial charge is 0.188 e. The summed E-state index contributed by atoms with van der Waals surface area (Å²) in [6, 6.07) is 0. The highest BCUT2D eigenvalue weighted by molar-refractivity contribution is 6.18. The van der Waals surface area contributed by atoms with Crippen LogP contribution < -0.4 is 0 Å². The van der Waals surface area contributed by atoms with Gasteiger partial charge in [0.05, 0.1) is 11.3 Å². The number of hydrogen-bond acceptors (Lipinski definition) is 2. The lowest BCUT2D eigenvalue weighted by atomic mass is 9.91. The standard InChI is InChI=1S/C12H13NO/c1-7(2)11-8(3)13-9-5-4-6-10(14)12(9)11/h4-7H,1-3H3. The fourth-order valence-electron chi connectivity index (χ4n) is 2.01. The zero-order valence-electron chi connectivity index (χ0n) is 8.66. The lowest BCUT2D eigenvalue weighted by Crippen LogP contribution is -2.09. The first-order valence-corrected chi connectivity index (χ1v) is 4.84. The van der Waals surface area contributed by atoms with E-state index in [1.54, 1.807) is 12.2 Å². The predicted molar refractivity (Wildman–Crippen MR) is 57.2 cm³/mol. The first kappa shape index (κ1) is 9.13. The minimum Gasteiger partial charge on any atom is -0.289 e. The van der Waals surface area contributed by atoms with Crippen molar-refractivity contribution in [2.24, 2.45) is 10.9 Å². The Bertz CT molecular complexity index is 420. The third kappa shape index (κ3) is 1.18. The first-order valence-electron chi connectivity index (χ1n) is 4.84. The molecule has 2 aliphatic rings. The van der Waals surface area contributed by atoms with Crippen LogP contribution in [0.5, 0.6) is 0 Å². The molecule has 0 radical (unpaired) electrons. The van der Waals surface area contributed by atoms with E-state index in [1.807, 2.05) is 13.0 Å². The second-order valence-electron chi connectivity index (χ2n) is 3.92. The first-order chi connectivity index (χ1) is 6.61. The molecule has 2 rings (SSSR count). The normalized spacial score (nSPS) is 20.1. The fourth-order valence-corrected chi connectivity index (χ4v) is 2.01. The Kier molecular flexibility index (Phi) is 1.99. The van der Waals surface area contributed by atoms with Crippen LogP contribution >= 0.6 is 0 Å². The molecule has 0 aromatic rings. The Morgan fingerprint density at radius 2 is 2.07 bits per heavy atom. The lowest BCUT2D eigenvalue weighted by Gasteiger charge is -2.10. The van der Waals surface area contributed by atoms with Crippen molar-refractivity contribution in [2.45, 2.75) is 20.8 Å². The van der Waals surface area contributed by atoms with Crippen LogP contribution in [0.15, 0.2) is 40.1 Å². The van der Waals surface area contributed by atoms with E-state index in [9.17, 15) is 4.79 Å². The summed E-state index contributed by atoms with van der Waals surface area (Å²) in [6.45, 7) is 6.15. The number of allylic oxidation sites excluding steroid dienone is 5. The van der Waals surface area contributed by atoms with Crippen LogP contribution in [-0.4, -0.2) is 11.5 Å². The van der Waals surface area contributed by atoms with Crippen LogP contribution in [-0.2, 0) is 4.79 Å². The molecule has 1 aliphatic heterocycles. The molecule has 0 aromatic carbocycles. The van der Waals surface area contributed by atoms with Crippen LogP contribution in [0.2, 0.25) is 0 Å². The Balaban J connectivity index is 2.61. The van der Waals surface area contributed by atoms with Crippen LogP contribution in [0.3, 0.4) is 0 Å². The van der Waals surface area contributed by atoms with E-state index in [0.29, 0.717) is 5.92 Å². The van der Waals surface area contributed by atoms with E-state index >= 15 is 0 Å². The second kappa shape index (κ2) is 3.05. The predicted octanol–water partition coefficient (Wildman–Crippen LogP) is 2.44. The van der Waals surface area contributed by atoms with Gasteiger partial charge in [0.15, 0.2) is 5.78 Å². The quantitative estimate of drug-likeness (QED) is 0.620. The molecule has 0 bridgehead atoms. The number of nitrogens with zero attached hydrogens (tertiary/aromatic N) is 1. The highest BCUT2D eigenvalue weighted by atomic mass is 16.1. The molecule has 72 valence electrons. The van der Waals surface area contributed by atoms with E-state index in [-0.39, 0.29) is 5.78 Å². The maximum Gasteiger partial charge on any atom is 0.188 e. The molecule has 0 fully saturated rings. The van der Waals surface area contributed by atoms with Crippen LogP contribution in [0.4, 0.5) is 0 Å². The molecule has 2 heteroatoms. The van der Waals surface area contributed by atoms with Crippen molar-refractivity contribution in [1.82, 2.24) is 0 Å². The number of rotatable bonds is 1. The zero-order chi connectivity index (χ0) is 10.3. The van der Waals surface area contributed by atoms with E-state index in [2.05, 4.69) is 18.8 Å². The van der Waals surface area contributed by atoms with E-state index in [4.69, 9.17) is 0 Å². The van der Waals surface area contributed by atoms with Crippen molar-refractivity contribution in [3.63, 3.8) is 0 Å². The Hall–Kier alpha value is -1.44. The van der Waals surface area contributed by atoms with Crippen LogP contribution in [0.25, 0.3) is 0 Å². The minimum atomic E-state index is 0.0896. The molecule has 0 spiro atoms. The number of aliphatic imine (C=N–C) groups is 1. The lowest BCUT2D eigenvalue weighted by molar-refractivity contribution is -0.111. The van der Waals surface area contributed by atoms with E-state index in [1.165, 1.54) is 0 Å². The number of ketones is 1. The van der Waals surface area contributed by atoms with Crippen LogP contribution in [0, 0.1) is 5.92 Å². The number of fused-ring (bicyclic) bond motifs is 1. The van der Waals surface area contributed by atoms with Crippen molar-refractivity contribution in [3.8, 4) is 0 Å². The average molecular weight is 187 g/mol. The fraction of sp³-hybridized carbons (Fsp3) is 0.333. The maximum absolute atomic E-state index is 11.7. The maximum atomic E-state index is 11.7. The van der Waals surface area contributed by atoms with Crippen molar-refractivity contribution in [2.75, 3.05) is 0 Å². The summed E-state index contributed by atoms with van der Waals surface area (Å²) < 4.78 is 0. The van der Waals surface area contributed by atoms with Gasteiger partial charge in [0.2, 0.25) is 0 Å². The molecular weight excluding hydrogens is 174 g/mol. The second-order valence-corrected chi connectivity index (χ2v) is 3.92. The molecule has 0 saturated heterocycles. The monoisotopic (exact) mass is 187 g/mol. The SMILES string of the molecule is CC1=NC2=CC=CC(=O)C2=C1C(C)C. The Labute approximate surface area is 83.7 Å². The van der Waals surface area contributed by atoms with Gasteiger partial charge >= 0.3 is 0 Å². The third-order valence-corrected chi connectivity index (χ3v) is 2.53. The van der Waals surface area contributed by atoms with Crippen molar-refractivity contribution < 1.29 is 4.79 Å². The Morgan fingerprint density at radius 3 is 2.71 bits per heavy atom. The molecule has 0 atom stereocenters. The summed E-state index contributed by atoms with van der Waals surface area (Å²) in [5.74, 6) is 0.446. The van der Waals surface area contributed by atoms with Gasteiger partial charge < -0.3 is 0 Å². The molecule has 0 aromatic heterocycles. The molecule has 14 heavy (non-hydrogen) atoms. The summed E-state index contributed by atoms with van der Waals surface area (Å²) in [6.07, 6.45) is 5.27. The van der Waals surface area contributed by atoms with Crippen molar-refractivity contribution >= 4 is 11.5 Å². The molecule has 0 N–H and O–H groups in total. The zero-order valence-corrected chi connectivity index (χ0v) is 8.66. The van der Waals surface area contributed by atoms with Crippen molar-refractivity contribution in [3.05, 3.63) is 35.1 Å².